The number of hydrogen-bond donors (Lipinski definition) is 2. The van der Waals surface area contributed by atoms with Crippen LogP contribution < -0.4 is 16.2 Å². The molecule has 0 spiro atoms. The first kappa shape index (κ1) is 20.8. The molecule has 154 valence electrons. The Morgan fingerprint density at radius 3 is 2.43 bits per heavy atom. The Hall–Kier alpha value is -3.88. The van der Waals surface area contributed by atoms with Crippen LogP contribution in [0.2, 0.25) is 0 Å². The number of carbonyl (C=O) groups excluding carboxylic acids is 2. The number of anilines is 1. The molecule has 2 amide bonds. The highest BCUT2D eigenvalue weighted by molar-refractivity contribution is 5.94. The van der Waals surface area contributed by atoms with Crippen molar-refractivity contribution in [2.75, 3.05) is 12.4 Å². The van der Waals surface area contributed by atoms with Crippen molar-refractivity contribution in [3.05, 3.63) is 81.8 Å². The SMILES string of the molecule is CNC(=O)c1cnc(-c2ccc(F)cc2)n(CC(=O)Nc2ccc(C)cc2F)c1=O. The first-order valence-corrected chi connectivity index (χ1v) is 8.94. The van der Waals surface area contributed by atoms with E-state index < -0.39 is 35.6 Å². The lowest BCUT2D eigenvalue weighted by Gasteiger charge is -2.14. The molecular formula is C21H18F2N4O3. The standard InChI is InChI=1S/C21H18F2N4O3/c1-12-3-8-17(16(23)9-12)26-18(28)11-27-19(13-4-6-14(22)7-5-13)25-10-15(21(27)30)20(29)24-2/h3-10H,11H2,1-2H3,(H,24,29)(H,26,28). The van der Waals surface area contributed by atoms with E-state index in [1.54, 1.807) is 13.0 Å². The molecule has 0 aliphatic heterocycles. The summed E-state index contributed by atoms with van der Waals surface area (Å²) in [5, 5.41) is 4.73. The maximum Gasteiger partial charge on any atom is 0.267 e. The first-order valence-electron chi connectivity index (χ1n) is 8.94. The minimum absolute atomic E-state index is 0.0441. The van der Waals surface area contributed by atoms with E-state index in [9.17, 15) is 23.2 Å². The van der Waals surface area contributed by atoms with E-state index in [0.29, 0.717) is 11.1 Å². The zero-order valence-corrected chi connectivity index (χ0v) is 16.2. The van der Waals surface area contributed by atoms with Gasteiger partial charge in [-0.1, -0.05) is 6.07 Å². The number of halogens is 2. The Bertz CT molecular complexity index is 1170. The lowest BCUT2D eigenvalue weighted by molar-refractivity contribution is -0.116. The molecule has 0 radical (unpaired) electrons. The predicted molar refractivity (Wildman–Crippen MR) is 107 cm³/mol. The fourth-order valence-corrected chi connectivity index (χ4v) is 2.81. The number of rotatable bonds is 5. The maximum absolute atomic E-state index is 14.0. The molecule has 2 aromatic carbocycles. The molecule has 30 heavy (non-hydrogen) atoms. The van der Waals surface area contributed by atoms with Crippen LogP contribution in [-0.2, 0) is 11.3 Å². The van der Waals surface area contributed by atoms with Gasteiger partial charge >= 0.3 is 0 Å². The van der Waals surface area contributed by atoms with E-state index in [2.05, 4.69) is 15.6 Å². The molecule has 0 saturated carbocycles. The summed E-state index contributed by atoms with van der Waals surface area (Å²) in [4.78, 5) is 41.5. The monoisotopic (exact) mass is 412 g/mol. The topological polar surface area (TPSA) is 93.1 Å². The van der Waals surface area contributed by atoms with Crippen LogP contribution in [0.5, 0.6) is 0 Å². The van der Waals surface area contributed by atoms with Crippen molar-refractivity contribution in [3.8, 4) is 11.4 Å². The Morgan fingerprint density at radius 2 is 1.80 bits per heavy atom. The third-order valence-electron chi connectivity index (χ3n) is 4.32. The van der Waals surface area contributed by atoms with Gasteiger partial charge in [-0.15, -0.1) is 0 Å². The molecule has 0 unspecified atom stereocenters. The number of aromatic nitrogens is 2. The predicted octanol–water partition coefficient (Wildman–Crippen LogP) is 2.50. The lowest BCUT2D eigenvalue weighted by Crippen LogP contribution is -2.35. The van der Waals surface area contributed by atoms with Gasteiger partial charge in [-0.25, -0.2) is 13.8 Å². The highest BCUT2D eigenvalue weighted by Crippen LogP contribution is 2.18. The lowest BCUT2D eigenvalue weighted by atomic mass is 10.2. The summed E-state index contributed by atoms with van der Waals surface area (Å²) in [5.41, 5.74) is -0.0210. The Kier molecular flexibility index (Phi) is 6.01. The summed E-state index contributed by atoms with van der Waals surface area (Å²) < 4.78 is 28.3. The van der Waals surface area contributed by atoms with Crippen LogP contribution in [0.25, 0.3) is 11.4 Å². The largest absolute Gasteiger partial charge is 0.355 e. The zero-order valence-electron chi connectivity index (χ0n) is 16.2. The second-order valence-electron chi connectivity index (χ2n) is 6.50. The summed E-state index contributed by atoms with van der Waals surface area (Å²) in [5.74, 6) is -2.41. The summed E-state index contributed by atoms with van der Waals surface area (Å²) in [6.45, 7) is 1.18. The van der Waals surface area contributed by atoms with Crippen molar-refractivity contribution in [3.63, 3.8) is 0 Å². The Balaban J connectivity index is 2.01. The molecular weight excluding hydrogens is 394 g/mol. The summed E-state index contributed by atoms with van der Waals surface area (Å²) in [6.07, 6.45) is 1.09. The number of carbonyl (C=O) groups is 2. The summed E-state index contributed by atoms with van der Waals surface area (Å²) >= 11 is 0. The van der Waals surface area contributed by atoms with Crippen LogP contribution in [0, 0.1) is 18.6 Å². The number of nitrogens with zero attached hydrogens (tertiary/aromatic N) is 2. The fraction of sp³-hybridized carbons (Fsp3) is 0.143. The molecule has 2 N–H and O–H groups in total. The number of nitrogens with one attached hydrogen (secondary N) is 2. The van der Waals surface area contributed by atoms with Crippen molar-refractivity contribution in [1.29, 1.82) is 0 Å². The van der Waals surface area contributed by atoms with Gasteiger partial charge < -0.3 is 10.6 Å². The van der Waals surface area contributed by atoms with Gasteiger partial charge in [0, 0.05) is 18.8 Å². The van der Waals surface area contributed by atoms with E-state index in [4.69, 9.17) is 0 Å². The van der Waals surface area contributed by atoms with Crippen LogP contribution in [0.15, 0.2) is 53.5 Å². The fourth-order valence-electron chi connectivity index (χ4n) is 2.81. The average Bonchev–Trinajstić information content (AvgIpc) is 2.72. The Morgan fingerprint density at radius 1 is 1.10 bits per heavy atom. The van der Waals surface area contributed by atoms with Gasteiger partial charge in [0.1, 0.15) is 29.6 Å². The molecule has 0 aliphatic carbocycles. The van der Waals surface area contributed by atoms with Gasteiger partial charge in [-0.2, -0.15) is 0 Å². The molecule has 0 fully saturated rings. The van der Waals surface area contributed by atoms with Gasteiger partial charge in [0.05, 0.1) is 5.69 Å². The van der Waals surface area contributed by atoms with Crippen molar-refractivity contribution in [2.45, 2.75) is 13.5 Å². The molecule has 9 heteroatoms. The van der Waals surface area contributed by atoms with E-state index in [-0.39, 0.29) is 17.1 Å². The van der Waals surface area contributed by atoms with Crippen LogP contribution in [0.3, 0.4) is 0 Å². The van der Waals surface area contributed by atoms with Gasteiger partial charge in [0.15, 0.2) is 0 Å². The molecule has 0 saturated heterocycles. The van der Waals surface area contributed by atoms with Crippen LogP contribution in [0.4, 0.5) is 14.5 Å². The summed E-state index contributed by atoms with van der Waals surface area (Å²) in [6, 6.07) is 9.45. The molecule has 1 heterocycles. The number of amides is 2. The highest BCUT2D eigenvalue weighted by atomic mass is 19.1. The van der Waals surface area contributed by atoms with E-state index in [1.165, 1.54) is 43.4 Å². The van der Waals surface area contributed by atoms with Gasteiger partial charge in [-0.05, 0) is 48.9 Å². The van der Waals surface area contributed by atoms with Crippen LogP contribution in [-0.4, -0.2) is 28.4 Å². The van der Waals surface area contributed by atoms with Gasteiger partial charge in [0.25, 0.3) is 11.5 Å². The van der Waals surface area contributed by atoms with Crippen molar-refractivity contribution < 1.29 is 18.4 Å². The molecule has 1 aromatic heterocycles. The second kappa shape index (κ2) is 8.64. The van der Waals surface area contributed by atoms with Crippen molar-refractivity contribution >= 4 is 17.5 Å². The van der Waals surface area contributed by atoms with Gasteiger partial charge in [0.2, 0.25) is 5.91 Å². The van der Waals surface area contributed by atoms with E-state index in [0.717, 1.165) is 10.8 Å². The zero-order chi connectivity index (χ0) is 21.8. The summed E-state index contributed by atoms with van der Waals surface area (Å²) in [7, 11) is 1.35. The van der Waals surface area contributed by atoms with Gasteiger partial charge in [-0.3, -0.25) is 19.0 Å². The molecule has 0 atom stereocenters. The first-order chi connectivity index (χ1) is 14.3. The Labute approximate surface area is 170 Å². The quantitative estimate of drug-likeness (QED) is 0.674. The number of benzene rings is 2. The molecule has 0 bridgehead atoms. The molecule has 7 nitrogen and oxygen atoms in total. The second-order valence-corrected chi connectivity index (χ2v) is 6.50. The average molecular weight is 412 g/mol. The van der Waals surface area contributed by atoms with Crippen molar-refractivity contribution in [2.24, 2.45) is 0 Å². The molecule has 3 aromatic rings. The third kappa shape index (κ3) is 4.40. The molecule has 3 rings (SSSR count). The highest BCUT2D eigenvalue weighted by Gasteiger charge is 2.19. The van der Waals surface area contributed by atoms with E-state index in [1.807, 2.05) is 0 Å². The molecule has 0 aliphatic rings. The van der Waals surface area contributed by atoms with Crippen LogP contribution >= 0.6 is 0 Å². The smallest absolute Gasteiger partial charge is 0.267 e. The maximum atomic E-state index is 14.0. The van der Waals surface area contributed by atoms with Crippen LogP contribution in [0.1, 0.15) is 15.9 Å². The normalized spacial score (nSPS) is 10.5. The minimum Gasteiger partial charge on any atom is -0.355 e. The van der Waals surface area contributed by atoms with E-state index >= 15 is 0 Å². The number of aryl methyl sites for hydroxylation is 1. The third-order valence-corrected chi connectivity index (χ3v) is 4.32. The van der Waals surface area contributed by atoms with Crippen molar-refractivity contribution in [1.82, 2.24) is 14.9 Å². The number of hydrogen-bond acceptors (Lipinski definition) is 4. The minimum atomic E-state index is -0.761.